The third-order valence-electron chi connectivity index (χ3n) is 5.66. The Kier molecular flexibility index (Phi) is 9.96. The normalized spacial score (nSPS) is 18.7. The second-order valence-corrected chi connectivity index (χ2v) is 10.1. The van der Waals surface area contributed by atoms with E-state index in [2.05, 4.69) is 10.0 Å². The maximum absolute atomic E-state index is 12.6. The molecule has 1 saturated heterocycles. The van der Waals surface area contributed by atoms with Gasteiger partial charge in [-0.2, -0.15) is 9.79 Å². The number of nitrogens with zero attached hydrogens (tertiary/aromatic N) is 1. The lowest BCUT2D eigenvalue weighted by atomic mass is 9.99. The van der Waals surface area contributed by atoms with Crippen LogP contribution >= 0.6 is 12.4 Å². The van der Waals surface area contributed by atoms with Crippen molar-refractivity contribution in [3.63, 3.8) is 0 Å². The zero-order valence-electron chi connectivity index (χ0n) is 19.8. The molecule has 1 aliphatic heterocycles. The van der Waals surface area contributed by atoms with Crippen molar-refractivity contribution >= 4 is 40.1 Å². The molecular weight excluding hydrogens is 510 g/mol. The fraction of sp³-hybridized carbons (Fsp3) is 0.348. The molecule has 0 aromatic heterocycles. The number of nitrogen functional groups attached to an aromatic ring is 1. The average molecular weight is 540 g/mol. The maximum Gasteiger partial charge on any atom is 0.323 e. The van der Waals surface area contributed by atoms with Gasteiger partial charge in [-0.1, -0.05) is 36.4 Å². The lowest BCUT2D eigenvalue weighted by Crippen LogP contribution is -2.48. The molecule has 13 heteroatoms. The Balaban J connectivity index is 0.00000456. The summed E-state index contributed by atoms with van der Waals surface area (Å²) in [6, 6.07) is 11.6. The molecule has 11 nitrogen and oxygen atoms in total. The van der Waals surface area contributed by atoms with Crippen molar-refractivity contribution in [1.82, 2.24) is 15.1 Å². The number of nitrogens with two attached hydrogens (primary N) is 1. The number of amides is 1. The minimum absolute atomic E-state index is 0. The van der Waals surface area contributed by atoms with Crippen LogP contribution < -0.4 is 15.8 Å². The van der Waals surface area contributed by atoms with Crippen LogP contribution in [0.15, 0.2) is 53.4 Å². The number of hydrogen-bond donors (Lipinski definition) is 5. The zero-order chi connectivity index (χ0) is 25.8. The maximum atomic E-state index is 12.6. The number of aliphatic carboxylic acids is 1. The molecule has 0 saturated carbocycles. The van der Waals surface area contributed by atoms with E-state index in [9.17, 15) is 23.1 Å². The van der Waals surface area contributed by atoms with Gasteiger partial charge in [0.15, 0.2) is 0 Å². The highest BCUT2D eigenvalue weighted by Gasteiger charge is 2.34. The molecule has 2 aromatic rings. The van der Waals surface area contributed by atoms with E-state index in [1.165, 1.54) is 12.1 Å². The number of carbonyl (C=O) groups is 2. The third-order valence-corrected chi connectivity index (χ3v) is 7.13. The fourth-order valence-electron chi connectivity index (χ4n) is 3.81. The van der Waals surface area contributed by atoms with Crippen molar-refractivity contribution in [2.45, 2.75) is 42.8 Å². The number of sulfonamides is 1. The summed E-state index contributed by atoms with van der Waals surface area (Å²) in [5.74, 6) is -1.90. The molecule has 1 heterocycles. The number of nitrogens with one attached hydrogen (secondary N) is 3. The second-order valence-electron chi connectivity index (χ2n) is 8.40. The number of amidine groups is 1. The van der Waals surface area contributed by atoms with Gasteiger partial charge in [-0.05, 0) is 36.6 Å². The number of carbonyl (C=O) groups excluding carboxylic acids is 1. The average Bonchev–Trinajstić information content (AvgIpc) is 3.16. The van der Waals surface area contributed by atoms with Crippen LogP contribution in [0.5, 0.6) is 0 Å². The van der Waals surface area contributed by atoms with E-state index in [-0.39, 0.29) is 35.6 Å². The van der Waals surface area contributed by atoms with Crippen LogP contribution in [0.2, 0.25) is 0 Å². The quantitative estimate of drug-likeness (QED) is 0.222. The number of benzene rings is 2. The zero-order valence-corrected chi connectivity index (χ0v) is 21.4. The Morgan fingerprint density at radius 3 is 2.50 bits per heavy atom. The van der Waals surface area contributed by atoms with Crippen LogP contribution in [0.25, 0.3) is 0 Å². The monoisotopic (exact) mass is 539 g/mol. The predicted molar refractivity (Wildman–Crippen MR) is 135 cm³/mol. The van der Waals surface area contributed by atoms with Crippen molar-refractivity contribution in [1.29, 1.82) is 5.41 Å². The summed E-state index contributed by atoms with van der Waals surface area (Å²) in [6.07, 6.45) is 0.0550. The Hall–Kier alpha value is -3.03. The van der Waals surface area contributed by atoms with Gasteiger partial charge in [0.25, 0.3) is 0 Å². The highest BCUT2D eigenvalue weighted by Crippen LogP contribution is 2.34. The van der Waals surface area contributed by atoms with Gasteiger partial charge < -0.3 is 16.2 Å². The molecule has 0 unspecified atom stereocenters. The number of halogens is 1. The Bertz CT molecular complexity index is 1210. The minimum Gasteiger partial charge on any atom is -0.480 e. The molecule has 6 N–H and O–H groups in total. The van der Waals surface area contributed by atoms with Crippen LogP contribution in [-0.4, -0.2) is 62.0 Å². The standard InChI is InChI=1S/C23H29N5O6S.ClH/c1-14-4-3-5-18(10-14)35(32,33)27-19(23(30)31)13-26-21(29)12-17-11-20(28(2)34-17)15-6-8-16(9-7-15)22(24)25;/h3-10,17,19-20,27H,11-13H2,1-2H3,(H3,24,25)(H,26,29)(H,30,31);1H/t17-,19-,20+;/m0./s1. The largest absolute Gasteiger partial charge is 0.480 e. The van der Waals surface area contributed by atoms with Crippen LogP contribution in [-0.2, 0) is 24.4 Å². The number of hydrogen-bond acceptors (Lipinski definition) is 7. The molecule has 2 aromatic carbocycles. The van der Waals surface area contributed by atoms with E-state index in [4.69, 9.17) is 16.0 Å². The molecule has 1 amide bonds. The topological polar surface area (TPSA) is 175 Å². The van der Waals surface area contributed by atoms with Crippen molar-refractivity contribution in [3.8, 4) is 0 Å². The molecule has 0 spiro atoms. The lowest BCUT2D eigenvalue weighted by molar-refractivity contribution is -0.152. The fourth-order valence-corrected chi connectivity index (χ4v) is 5.11. The van der Waals surface area contributed by atoms with E-state index in [1.54, 1.807) is 43.3 Å². The van der Waals surface area contributed by atoms with E-state index in [1.807, 2.05) is 12.1 Å². The van der Waals surface area contributed by atoms with Gasteiger partial charge >= 0.3 is 5.97 Å². The van der Waals surface area contributed by atoms with Gasteiger partial charge in [0, 0.05) is 19.2 Å². The number of aryl methyl sites for hydroxylation is 1. The first-order valence-corrected chi connectivity index (χ1v) is 12.4. The molecule has 1 fully saturated rings. The lowest BCUT2D eigenvalue weighted by Gasteiger charge is -2.18. The summed E-state index contributed by atoms with van der Waals surface area (Å²) in [7, 11) is -2.33. The molecule has 0 aliphatic carbocycles. The second kappa shape index (κ2) is 12.3. The molecule has 36 heavy (non-hydrogen) atoms. The van der Waals surface area contributed by atoms with E-state index in [0.29, 0.717) is 17.5 Å². The Morgan fingerprint density at radius 1 is 1.25 bits per heavy atom. The van der Waals surface area contributed by atoms with Gasteiger partial charge in [-0.25, -0.2) is 8.42 Å². The Labute approximate surface area is 215 Å². The highest BCUT2D eigenvalue weighted by atomic mass is 35.5. The van der Waals surface area contributed by atoms with Crippen molar-refractivity contribution in [3.05, 3.63) is 65.2 Å². The summed E-state index contributed by atoms with van der Waals surface area (Å²) in [6.45, 7) is 1.31. The number of carboxylic acid groups (broad SMARTS) is 1. The molecule has 196 valence electrons. The first-order valence-electron chi connectivity index (χ1n) is 10.9. The first kappa shape index (κ1) is 29.2. The summed E-state index contributed by atoms with van der Waals surface area (Å²) >= 11 is 0. The minimum atomic E-state index is -4.09. The number of rotatable bonds is 10. The third kappa shape index (κ3) is 7.48. The van der Waals surface area contributed by atoms with Gasteiger partial charge in [0.1, 0.15) is 11.9 Å². The van der Waals surface area contributed by atoms with Crippen molar-refractivity contribution < 1.29 is 28.0 Å². The van der Waals surface area contributed by atoms with Crippen molar-refractivity contribution in [2.75, 3.05) is 13.6 Å². The Morgan fingerprint density at radius 2 is 1.92 bits per heavy atom. The van der Waals surface area contributed by atoms with Crippen LogP contribution in [0, 0.1) is 12.3 Å². The molecule has 0 radical (unpaired) electrons. The SMILES string of the molecule is Cc1cccc(S(=O)(=O)N[C@@H](CNC(=O)C[C@@H]2C[C@H](c3ccc(C(=N)N)cc3)N(C)O2)C(=O)O)c1.Cl. The molecule has 0 bridgehead atoms. The van der Waals surface area contributed by atoms with E-state index >= 15 is 0 Å². The highest BCUT2D eigenvalue weighted by molar-refractivity contribution is 7.89. The van der Waals surface area contributed by atoms with Crippen LogP contribution in [0.4, 0.5) is 0 Å². The molecule has 1 aliphatic rings. The molecular formula is C23H30ClN5O6S. The smallest absolute Gasteiger partial charge is 0.323 e. The summed E-state index contributed by atoms with van der Waals surface area (Å²) in [5.41, 5.74) is 7.75. The van der Waals surface area contributed by atoms with E-state index < -0.39 is 40.6 Å². The molecule has 3 atom stereocenters. The van der Waals surface area contributed by atoms with Crippen molar-refractivity contribution in [2.24, 2.45) is 5.73 Å². The van der Waals surface area contributed by atoms with Crippen LogP contribution in [0.1, 0.15) is 35.6 Å². The first-order chi connectivity index (χ1) is 16.5. The summed E-state index contributed by atoms with van der Waals surface area (Å²) in [4.78, 5) is 29.8. The van der Waals surface area contributed by atoms with Gasteiger partial charge in [0.2, 0.25) is 15.9 Å². The van der Waals surface area contributed by atoms with Crippen LogP contribution in [0.3, 0.4) is 0 Å². The number of hydroxylamine groups is 2. The van der Waals surface area contributed by atoms with Gasteiger partial charge in [-0.15, -0.1) is 12.4 Å². The number of carboxylic acids is 1. The summed E-state index contributed by atoms with van der Waals surface area (Å²) in [5, 5.41) is 21.1. The van der Waals surface area contributed by atoms with Gasteiger partial charge in [0.05, 0.1) is 23.5 Å². The van der Waals surface area contributed by atoms with E-state index in [0.717, 1.165) is 5.56 Å². The van der Waals surface area contributed by atoms with Gasteiger partial charge in [-0.3, -0.25) is 19.8 Å². The molecule has 3 rings (SSSR count). The summed E-state index contributed by atoms with van der Waals surface area (Å²) < 4.78 is 27.2. The predicted octanol–water partition coefficient (Wildman–Crippen LogP) is 1.32.